The van der Waals surface area contributed by atoms with Gasteiger partial charge in [0, 0.05) is 65.3 Å². The first-order valence-electron chi connectivity index (χ1n) is 9.89. The predicted octanol–water partition coefficient (Wildman–Crippen LogP) is 1.31. The fourth-order valence-corrected chi connectivity index (χ4v) is 3.42. The molecular weight excluding hydrogens is 497 g/mol. The summed E-state index contributed by atoms with van der Waals surface area (Å²) in [6.45, 7) is 6.67. The highest BCUT2D eigenvalue weighted by atomic mass is 127. The van der Waals surface area contributed by atoms with Crippen LogP contribution in [0, 0.1) is 0 Å². The molecule has 3 heterocycles. The molecule has 10 heteroatoms. The number of aliphatic imine (C=N–C) groups is 1. The van der Waals surface area contributed by atoms with Gasteiger partial charge in [0.2, 0.25) is 12.7 Å². The second-order valence-corrected chi connectivity index (χ2v) is 6.92. The molecular formula is C20H28IN7O2. The molecule has 30 heavy (non-hydrogen) atoms. The number of aromatic nitrogens is 2. The van der Waals surface area contributed by atoms with Crippen molar-refractivity contribution >= 4 is 35.9 Å². The molecule has 1 fully saturated rings. The van der Waals surface area contributed by atoms with Gasteiger partial charge in [-0.05, 0) is 23.8 Å². The monoisotopic (exact) mass is 525 g/mol. The van der Waals surface area contributed by atoms with Crippen molar-refractivity contribution in [1.29, 1.82) is 0 Å². The van der Waals surface area contributed by atoms with Crippen molar-refractivity contribution in [2.24, 2.45) is 4.99 Å². The lowest BCUT2D eigenvalue weighted by atomic mass is 10.2. The number of piperazine rings is 1. The summed E-state index contributed by atoms with van der Waals surface area (Å²) in [4.78, 5) is 17.6. The number of rotatable bonds is 6. The summed E-state index contributed by atoms with van der Waals surface area (Å²) in [5.74, 6) is 3.21. The van der Waals surface area contributed by atoms with Crippen LogP contribution in [0.25, 0.3) is 0 Å². The zero-order chi connectivity index (χ0) is 19.9. The zero-order valence-electron chi connectivity index (χ0n) is 17.1. The van der Waals surface area contributed by atoms with E-state index in [0.717, 1.165) is 68.2 Å². The van der Waals surface area contributed by atoms with E-state index in [9.17, 15) is 0 Å². The van der Waals surface area contributed by atoms with Crippen LogP contribution in [0.15, 0.2) is 41.7 Å². The van der Waals surface area contributed by atoms with E-state index in [1.165, 1.54) is 0 Å². The Morgan fingerprint density at radius 3 is 2.60 bits per heavy atom. The topological polar surface area (TPSA) is 87.1 Å². The largest absolute Gasteiger partial charge is 0.454 e. The molecule has 1 aromatic carbocycles. The summed E-state index contributed by atoms with van der Waals surface area (Å²) in [5, 5.41) is 6.73. The van der Waals surface area contributed by atoms with Crippen LogP contribution in [0.1, 0.15) is 5.56 Å². The Bertz CT molecular complexity index is 829. The van der Waals surface area contributed by atoms with Gasteiger partial charge in [0.1, 0.15) is 0 Å². The Kier molecular flexibility index (Phi) is 8.31. The second kappa shape index (κ2) is 11.2. The number of anilines is 1. The minimum Gasteiger partial charge on any atom is -0.454 e. The summed E-state index contributed by atoms with van der Waals surface area (Å²) >= 11 is 0. The van der Waals surface area contributed by atoms with Crippen LogP contribution in [0.5, 0.6) is 11.5 Å². The first-order valence-corrected chi connectivity index (χ1v) is 9.89. The maximum Gasteiger partial charge on any atom is 0.231 e. The third-order valence-electron chi connectivity index (χ3n) is 5.05. The standard InChI is InChI=1S/C20H27N7O2.HI/c1-21-19(25-14-16-3-4-17-18(13-16)29-15-28-17)22-7-8-26-9-11-27(12-10-26)20-23-5-2-6-24-20;/h2-6,13H,7-12,14-15H2,1H3,(H2,21,22,25);1H. The number of nitrogens with one attached hydrogen (secondary N) is 2. The van der Waals surface area contributed by atoms with E-state index < -0.39 is 0 Å². The predicted molar refractivity (Wildman–Crippen MR) is 127 cm³/mol. The fourth-order valence-electron chi connectivity index (χ4n) is 3.42. The van der Waals surface area contributed by atoms with Crippen LogP contribution in [-0.2, 0) is 6.54 Å². The van der Waals surface area contributed by atoms with Crippen LogP contribution in [0.4, 0.5) is 5.95 Å². The quantitative estimate of drug-likeness (QED) is 0.332. The number of fused-ring (bicyclic) bond motifs is 1. The van der Waals surface area contributed by atoms with Gasteiger partial charge < -0.3 is 25.0 Å². The summed E-state index contributed by atoms with van der Waals surface area (Å²) in [6, 6.07) is 7.82. The molecule has 1 aromatic heterocycles. The van der Waals surface area contributed by atoms with Crippen molar-refractivity contribution in [3.8, 4) is 11.5 Å². The lowest BCUT2D eigenvalue weighted by molar-refractivity contribution is 0.174. The highest BCUT2D eigenvalue weighted by molar-refractivity contribution is 14.0. The van der Waals surface area contributed by atoms with E-state index in [0.29, 0.717) is 13.3 Å². The van der Waals surface area contributed by atoms with Crippen molar-refractivity contribution in [2.45, 2.75) is 6.54 Å². The molecule has 0 unspecified atom stereocenters. The molecule has 0 spiro atoms. The molecule has 2 aliphatic heterocycles. The van der Waals surface area contributed by atoms with Gasteiger partial charge in [0.25, 0.3) is 0 Å². The van der Waals surface area contributed by atoms with E-state index in [1.54, 1.807) is 19.4 Å². The molecule has 2 aromatic rings. The Morgan fingerprint density at radius 2 is 1.83 bits per heavy atom. The SMILES string of the molecule is CN=C(NCCN1CCN(c2ncccn2)CC1)NCc1ccc2c(c1)OCO2.I. The van der Waals surface area contributed by atoms with Crippen LogP contribution >= 0.6 is 24.0 Å². The van der Waals surface area contributed by atoms with Gasteiger partial charge in [-0.2, -0.15) is 0 Å². The molecule has 0 radical (unpaired) electrons. The van der Waals surface area contributed by atoms with E-state index in [2.05, 4.69) is 35.4 Å². The molecule has 0 aliphatic carbocycles. The molecule has 0 bridgehead atoms. The average Bonchev–Trinajstić information content (AvgIpc) is 3.25. The Labute approximate surface area is 193 Å². The van der Waals surface area contributed by atoms with Gasteiger partial charge in [-0.25, -0.2) is 9.97 Å². The lowest BCUT2D eigenvalue weighted by Crippen LogP contribution is -2.49. The summed E-state index contributed by atoms with van der Waals surface area (Å²) in [5.41, 5.74) is 1.12. The molecule has 0 saturated carbocycles. The summed E-state index contributed by atoms with van der Waals surface area (Å²) in [7, 11) is 1.79. The van der Waals surface area contributed by atoms with E-state index in [4.69, 9.17) is 9.47 Å². The van der Waals surface area contributed by atoms with Gasteiger partial charge in [0.05, 0.1) is 0 Å². The van der Waals surface area contributed by atoms with E-state index in [1.807, 2.05) is 24.3 Å². The molecule has 162 valence electrons. The Hall–Kier alpha value is -2.34. The average molecular weight is 525 g/mol. The highest BCUT2D eigenvalue weighted by Gasteiger charge is 2.18. The van der Waals surface area contributed by atoms with Crippen LogP contribution in [0.2, 0.25) is 0 Å². The van der Waals surface area contributed by atoms with Crippen LogP contribution < -0.4 is 25.0 Å². The van der Waals surface area contributed by atoms with E-state index >= 15 is 0 Å². The Balaban J connectivity index is 0.00000256. The molecule has 9 nitrogen and oxygen atoms in total. The number of hydrogen-bond acceptors (Lipinski definition) is 7. The van der Waals surface area contributed by atoms with Crippen LogP contribution in [0.3, 0.4) is 0 Å². The Morgan fingerprint density at radius 1 is 1.07 bits per heavy atom. The number of ether oxygens (including phenoxy) is 2. The number of halogens is 1. The van der Waals surface area contributed by atoms with Crippen molar-refractivity contribution in [3.63, 3.8) is 0 Å². The van der Waals surface area contributed by atoms with Crippen molar-refractivity contribution in [2.75, 3.05) is 58.0 Å². The van der Waals surface area contributed by atoms with Gasteiger partial charge in [-0.1, -0.05) is 6.07 Å². The number of nitrogens with zero attached hydrogens (tertiary/aromatic N) is 5. The first-order chi connectivity index (χ1) is 14.3. The number of guanidine groups is 1. The normalized spacial score (nSPS) is 16.2. The second-order valence-electron chi connectivity index (χ2n) is 6.92. The van der Waals surface area contributed by atoms with E-state index in [-0.39, 0.29) is 24.0 Å². The first kappa shape index (κ1) is 22.3. The lowest BCUT2D eigenvalue weighted by Gasteiger charge is -2.34. The maximum atomic E-state index is 5.43. The third kappa shape index (κ3) is 5.85. The van der Waals surface area contributed by atoms with Gasteiger partial charge in [-0.15, -0.1) is 24.0 Å². The van der Waals surface area contributed by atoms with Gasteiger partial charge in [0.15, 0.2) is 17.5 Å². The van der Waals surface area contributed by atoms with Gasteiger partial charge in [-0.3, -0.25) is 9.89 Å². The minimum atomic E-state index is 0. The number of benzene rings is 1. The molecule has 2 aliphatic rings. The molecule has 0 amide bonds. The van der Waals surface area contributed by atoms with Crippen molar-refractivity contribution < 1.29 is 9.47 Å². The maximum absolute atomic E-state index is 5.43. The summed E-state index contributed by atoms with van der Waals surface area (Å²) in [6.07, 6.45) is 3.58. The minimum absolute atomic E-state index is 0. The zero-order valence-corrected chi connectivity index (χ0v) is 19.4. The third-order valence-corrected chi connectivity index (χ3v) is 5.05. The number of hydrogen-bond donors (Lipinski definition) is 2. The fraction of sp³-hybridized carbons (Fsp3) is 0.450. The highest BCUT2D eigenvalue weighted by Crippen LogP contribution is 2.32. The molecule has 0 atom stereocenters. The molecule has 2 N–H and O–H groups in total. The van der Waals surface area contributed by atoms with Crippen molar-refractivity contribution in [3.05, 3.63) is 42.2 Å². The van der Waals surface area contributed by atoms with Crippen molar-refractivity contribution in [1.82, 2.24) is 25.5 Å². The smallest absolute Gasteiger partial charge is 0.231 e. The molecule has 1 saturated heterocycles. The van der Waals surface area contributed by atoms with Gasteiger partial charge >= 0.3 is 0 Å². The molecule has 4 rings (SSSR count). The van der Waals surface area contributed by atoms with Crippen LogP contribution in [-0.4, -0.2) is 73.9 Å². The summed E-state index contributed by atoms with van der Waals surface area (Å²) < 4.78 is 10.8.